The Morgan fingerprint density at radius 2 is 1.88 bits per heavy atom. The molecule has 0 aromatic heterocycles. The fourth-order valence-corrected chi connectivity index (χ4v) is 3.03. The molecule has 1 atom stereocenters. The highest BCUT2D eigenvalue weighted by Crippen LogP contribution is 2.24. The predicted octanol–water partition coefficient (Wildman–Crippen LogP) is 2.40. The Balaban J connectivity index is 0.00000312. The molecule has 1 aliphatic heterocycles. The van der Waals surface area contributed by atoms with Gasteiger partial charge in [-0.3, -0.25) is 9.59 Å². The number of hydrogen-bond acceptors (Lipinski definition) is 3. The van der Waals surface area contributed by atoms with E-state index in [9.17, 15) is 9.59 Å². The number of halogens is 1. The van der Waals surface area contributed by atoms with E-state index in [0.717, 1.165) is 26.1 Å². The van der Waals surface area contributed by atoms with Gasteiger partial charge in [-0.25, -0.2) is 0 Å². The van der Waals surface area contributed by atoms with E-state index in [4.69, 9.17) is 0 Å². The van der Waals surface area contributed by atoms with E-state index in [1.165, 1.54) is 11.1 Å². The summed E-state index contributed by atoms with van der Waals surface area (Å²) in [5, 5.41) is 3.38. The Morgan fingerprint density at radius 3 is 2.48 bits per heavy atom. The summed E-state index contributed by atoms with van der Waals surface area (Å²) in [6, 6.07) is 8.63. The summed E-state index contributed by atoms with van der Waals surface area (Å²) in [7, 11) is 3.49. The molecule has 1 aromatic carbocycles. The van der Waals surface area contributed by atoms with Crippen molar-refractivity contribution in [3.8, 4) is 0 Å². The first kappa shape index (κ1) is 21.5. The van der Waals surface area contributed by atoms with E-state index in [0.29, 0.717) is 19.3 Å². The van der Waals surface area contributed by atoms with Crippen LogP contribution in [-0.4, -0.2) is 55.3 Å². The van der Waals surface area contributed by atoms with Gasteiger partial charge in [-0.2, -0.15) is 0 Å². The van der Waals surface area contributed by atoms with Gasteiger partial charge in [-0.15, -0.1) is 12.4 Å². The normalized spacial score (nSPS) is 16.9. The molecular weight excluding hydrogens is 338 g/mol. The molecule has 2 amide bonds. The number of benzene rings is 1. The molecule has 1 unspecified atom stereocenters. The Morgan fingerprint density at radius 1 is 1.20 bits per heavy atom. The summed E-state index contributed by atoms with van der Waals surface area (Å²) in [5.41, 5.74) is 2.49. The third kappa shape index (κ3) is 6.01. The van der Waals surface area contributed by atoms with E-state index in [-0.39, 0.29) is 30.3 Å². The monoisotopic (exact) mass is 367 g/mol. The van der Waals surface area contributed by atoms with E-state index in [1.54, 1.807) is 19.0 Å². The van der Waals surface area contributed by atoms with Crippen molar-refractivity contribution in [2.24, 2.45) is 0 Å². The Labute approximate surface area is 157 Å². The lowest BCUT2D eigenvalue weighted by Crippen LogP contribution is -2.48. The van der Waals surface area contributed by atoms with Gasteiger partial charge in [0.15, 0.2) is 0 Å². The zero-order chi connectivity index (χ0) is 17.5. The smallest absolute Gasteiger partial charge is 0.223 e. The highest BCUT2D eigenvalue weighted by molar-refractivity contribution is 5.85. The standard InChI is InChI=1S/C19H29N3O2.ClH/c1-4-15-8-10-16(11-9-15)17-14-20-12-13-22(17)19(24)7-5-6-18(23)21(2)3;/h8-11,17,20H,4-7,12-14H2,1-3H3;1H. The lowest BCUT2D eigenvalue weighted by atomic mass is 10.00. The van der Waals surface area contributed by atoms with Gasteiger partial charge in [0.05, 0.1) is 6.04 Å². The van der Waals surface area contributed by atoms with Crippen LogP contribution in [0.2, 0.25) is 0 Å². The van der Waals surface area contributed by atoms with Crippen LogP contribution < -0.4 is 5.32 Å². The highest BCUT2D eigenvalue weighted by atomic mass is 35.5. The minimum atomic E-state index is 0. The van der Waals surface area contributed by atoms with E-state index in [2.05, 4.69) is 36.5 Å². The fraction of sp³-hybridized carbons (Fsp3) is 0.579. The molecule has 2 rings (SSSR count). The number of carbonyl (C=O) groups is 2. The van der Waals surface area contributed by atoms with Gasteiger partial charge in [-0.05, 0) is 24.0 Å². The quantitative estimate of drug-likeness (QED) is 0.840. The van der Waals surface area contributed by atoms with Crippen LogP contribution in [-0.2, 0) is 16.0 Å². The second-order valence-corrected chi connectivity index (χ2v) is 6.54. The number of nitrogens with zero attached hydrogens (tertiary/aromatic N) is 2. The third-order valence-electron chi connectivity index (χ3n) is 4.62. The van der Waals surface area contributed by atoms with Crippen LogP contribution in [0.4, 0.5) is 0 Å². The lowest BCUT2D eigenvalue weighted by molar-refractivity contribution is -0.135. The maximum Gasteiger partial charge on any atom is 0.223 e. The molecular formula is C19H30ClN3O2. The molecule has 5 nitrogen and oxygen atoms in total. The van der Waals surface area contributed by atoms with Crippen molar-refractivity contribution in [2.75, 3.05) is 33.7 Å². The highest BCUT2D eigenvalue weighted by Gasteiger charge is 2.27. The minimum absolute atomic E-state index is 0. The molecule has 1 aromatic rings. The average Bonchev–Trinajstić information content (AvgIpc) is 2.61. The molecule has 0 bridgehead atoms. The summed E-state index contributed by atoms with van der Waals surface area (Å²) in [5.74, 6) is 0.224. The Bertz CT molecular complexity index is 560. The maximum absolute atomic E-state index is 12.6. The Hall–Kier alpha value is -1.59. The van der Waals surface area contributed by atoms with Gasteiger partial charge in [-0.1, -0.05) is 31.2 Å². The topological polar surface area (TPSA) is 52.7 Å². The second-order valence-electron chi connectivity index (χ2n) is 6.54. The van der Waals surface area contributed by atoms with E-state index in [1.807, 2.05) is 4.90 Å². The van der Waals surface area contributed by atoms with Crippen LogP contribution in [0.5, 0.6) is 0 Å². The zero-order valence-corrected chi connectivity index (χ0v) is 16.3. The molecule has 1 aliphatic rings. The van der Waals surface area contributed by atoms with E-state index >= 15 is 0 Å². The van der Waals surface area contributed by atoms with Crippen molar-refractivity contribution in [3.63, 3.8) is 0 Å². The number of carbonyl (C=O) groups excluding carboxylic acids is 2. The van der Waals surface area contributed by atoms with Crippen LogP contribution in [0, 0.1) is 0 Å². The number of piperazine rings is 1. The second kappa shape index (κ2) is 10.4. The number of aryl methyl sites for hydroxylation is 1. The van der Waals surface area contributed by atoms with Gasteiger partial charge in [0.1, 0.15) is 0 Å². The summed E-state index contributed by atoms with van der Waals surface area (Å²) >= 11 is 0. The average molecular weight is 368 g/mol. The Kier molecular flexibility index (Phi) is 8.93. The van der Waals surface area contributed by atoms with Crippen molar-refractivity contribution in [3.05, 3.63) is 35.4 Å². The molecule has 0 aliphatic carbocycles. The molecule has 25 heavy (non-hydrogen) atoms. The lowest BCUT2D eigenvalue weighted by Gasteiger charge is -2.36. The van der Waals surface area contributed by atoms with Crippen LogP contribution in [0.25, 0.3) is 0 Å². The molecule has 1 fully saturated rings. The molecule has 1 saturated heterocycles. The molecule has 0 radical (unpaired) electrons. The molecule has 6 heteroatoms. The summed E-state index contributed by atoms with van der Waals surface area (Å²) < 4.78 is 0. The maximum atomic E-state index is 12.6. The van der Waals surface area contributed by atoms with Gasteiger partial charge in [0, 0.05) is 46.6 Å². The van der Waals surface area contributed by atoms with Crippen molar-refractivity contribution < 1.29 is 9.59 Å². The SMILES string of the molecule is CCc1ccc(C2CNCCN2C(=O)CCCC(=O)N(C)C)cc1.Cl. The van der Waals surface area contributed by atoms with Gasteiger partial charge < -0.3 is 15.1 Å². The first-order valence-electron chi connectivity index (χ1n) is 8.82. The summed E-state index contributed by atoms with van der Waals surface area (Å²) in [6.45, 7) is 4.47. The van der Waals surface area contributed by atoms with Gasteiger partial charge in [0.2, 0.25) is 11.8 Å². The first-order chi connectivity index (χ1) is 11.5. The van der Waals surface area contributed by atoms with Crippen molar-refractivity contribution in [1.82, 2.24) is 15.1 Å². The molecule has 0 saturated carbocycles. The molecule has 1 heterocycles. The van der Waals surface area contributed by atoms with Gasteiger partial charge in [0.25, 0.3) is 0 Å². The van der Waals surface area contributed by atoms with Crippen molar-refractivity contribution >= 4 is 24.2 Å². The number of hydrogen-bond donors (Lipinski definition) is 1. The predicted molar refractivity (Wildman–Crippen MR) is 103 cm³/mol. The minimum Gasteiger partial charge on any atom is -0.349 e. The summed E-state index contributed by atoms with van der Waals surface area (Å²) in [6.07, 6.45) is 2.50. The zero-order valence-electron chi connectivity index (χ0n) is 15.5. The van der Waals surface area contributed by atoms with Gasteiger partial charge >= 0.3 is 0 Å². The molecule has 0 spiro atoms. The molecule has 140 valence electrons. The van der Waals surface area contributed by atoms with Crippen LogP contribution in [0.15, 0.2) is 24.3 Å². The van der Waals surface area contributed by atoms with E-state index < -0.39 is 0 Å². The largest absolute Gasteiger partial charge is 0.349 e. The fourth-order valence-electron chi connectivity index (χ4n) is 3.03. The van der Waals surface area contributed by atoms with Crippen LogP contribution in [0.1, 0.15) is 43.4 Å². The van der Waals surface area contributed by atoms with Crippen LogP contribution in [0.3, 0.4) is 0 Å². The summed E-state index contributed by atoms with van der Waals surface area (Å²) in [4.78, 5) is 27.8. The van der Waals surface area contributed by atoms with Crippen LogP contribution >= 0.6 is 12.4 Å². The third-order valence-corrected chi connectivity index (χ3v) is 4.62. The number of nitrogens with one attached hydrogen (secondary N) is 1. The van der Waals surface area contributed by atoms with Crippen molar-refractivity contribution in [2.45, 2.75) is 38.6 Å². The number of rotatable bonds is 6. The van der Waals surface area contributed by atoms with Crippen molar-refractivity contribution in [1.29, 1.82) is 0 Å². The number of amides is 2. The molecule has 1 N–H and O–H groups in total. The first-order valence-corrected chi connectivity index (χ1v) is 8.82.